The average molecular weight is 286 g/mol. The maximum absolute atomic E-state index is 12.2. The molecule has 3 rings (SSSR count). The molecule has 1 aliphatic carbocycles. The van der Waals surface area contributed by atoms with Gasteiger partial charge in [-0.05, 0) is 44.1 Å². The quantitative estimate of drug-likeness (QED) is 0.770. The van der Waals surface area contributed by atoms with Gasteiger partial charge in [0.05, 0.1) is 17.0 Å². The molecule has 2 saturated heterocycles. The third-order valence-electron chi connectivity index (χ3n) is 5.00. The van der Waals surface area contributed by atoms with Crippen LogP contribution in [-0.4, -0.2) is 44.5 Å². The highest BCUT2D eigenvalue weighted by Crippen LogP contribution is 2.37. The van der Waals surface area contributed by atoms with E-state index in [1.54, 1.807) is 0 Å². The van der Waals surface area contributed by atoms with Gasteiger partial charge in [0.15, 0.2) is 9.84 Å². The van der Waals surface area contributed by atoms with Gasteiger partial charge in [-0.15, -0.1) is 0 Å². The number of hydrogen-bond acceptors (Lipinski definition) is 4. The number of hydrogen-bond donors (Lipinski definition) is 2. The second-order valence-electron chi connectivity index (χ2n) is 6.12. The van der Waals surface area contributed by atoms with Crippen molar-refractivity contribution < 1.29 is 13.2 Å². The zero-order chi connectivity index (χ0) is 13.5. The molecule has 0 aromatic carbocycles. The smallest absolute Gasteiger partial charge is 0.237 e. The number of nitrogens with one attached hydrogen (secondary N) is 2. The molecule has 2 heterocycles. The molecule has 108 valence electrons. The van der Waals surface area contributed by atoms with Crippen LogP contribution in [0.3, 0.4) is 0 Å². The molecule has 3 aliphatic rings. The Morgan fingerprint density at radius 2 is 2.05 bits per heavy atom. The first-order chi connectivity index (χ1) is 9.08. The predicted molar refractivity (Wildman–Crippen MR) is 72.4 cm³/mol. The normalized spacial score (nSPS) is 40.2. The summed E-state index contributed by atoms with van der Waals surface area (Å²) in [5, 5.41) is 5.78. The van der Waals surface area contributed by atoms with E-state index in [1.807, 2.05) is 0 Å². The molecule has 1 saturated carbocycles. The standard InChI is InChI=1S/C13H22N2O3S/c16-13(12-11-5-1-3-9(11)7-14-12)15-8-10-4-2-6-19(10,17)18/h9-12,14H,1-8H2,(H,15,16). The van der Waals surface area contributed by atoms with Gasteiger partial charge in [-0.2, -0.15) is 0 Å². The van der Waals surface area contributed by atoms with Crippen molar-refractivity contribution in [1.29, 1.82) is 0 Å². The lowest BCUT2D eigenvalue weighted by Crippen LogP contribution is -2.46. The minimum atomic E-state index is -2.96. The number of sulfone groups is 1. The van der Waals surface area contributed by atoms with Crippen LogP contribution in [0, 0.1) is 11.8 Å². The fourth-order valence-electron chi connectivity index (χ4n) is 3.89. The van der Waals surface area contributed by atoms with Gasteiger partial charge in [0.25, 0.3) is 0 Å². The maximum Gasteiger partial charge on any atom is 0.237 e. The van der Waals surface area contributed by atoms with Gasteiger partial charge in [-0.3, -0.25) is 4.79 Å². The van der Waals surface area contributed by atoms with Crippen molar-refractivity contribution in [2.24, 2.45) is 11.8 Å². The molecule has 0 aromatic rings. The second-order valence-corrected chi connectivity index (χ2v) is 8.52. The molecule has 0 bridgehead atoms. The van der Waals surface area contributed by atoms with Gasteiger partial charge < -0.3 is 10.6 Å². The van der Waals surface area contributed by atoms with Gasteiger partial charge in [0.2, 0.25) is 5.91 Å². The summed E-state index contributed by atoms with van der Waals surface area (Å²) in [5.41, 5.74) is 0. The molecule has 0 aromatic heterocycles. The summed E-state index contributed by atoms with van der Waals surface area (Å²) >= 11 is 0. The highest BCUT2D eigenvalue weighted by Gasteiger charge is 2.42. The summed E-state index contributed by atoms with van der Waals surface area (Å²) in [4.78, 5) is 12.2. The van der Waals surface area contributed by atoms with Crippen molar-refractivity contribution in [3.05, 3.63) is 0 Å². The number of amides is 1. The minimum Gasteiger partial charge on any atom is -0.353 e. The van der Waals surface area contributed by atoms with Crippen molar-refractivity contribution in [1.82, 2.24) is 10.6 Å². The SMILES string of the molecule is O=C(NCC1CCCS1(=O)=O)C1NCC2CCCC21. The fourth-order valence-corrected chi connectivity index (χ4v) is 5.65. The molecule has 0 radical (unpaired) electrons. The molecule has 0 spiro atoms. The van der Waals surface area contributed by atoms with E-state index in [2.05, 4.69) is 10.6 Å². The summed E-state index contributed by atoms with van der Waals surface area (Å²) in [6.45, 7) is 1.22. The number of carbonyl (C=O) groups excluding carboxylic acids is 1. The summed E-state index contributed by atoms with van der Waals surface area (Å²) < 4.78 is 23.4. The topological polar surface area (TPSA) is 75.3 Å². The largest absolute Gasteiger partial charge is 0.353 e. The van der Waals surface area contributed by atoms with Crippen molar-refractivity contribution in [3.63, 3.8) is 0 Å². The molecule has 1 amide bonds. The summed E-state index contributed by atoms with van der Waals surface area (Å²) in [6, 6.07) is -0.100. The van der Waals surface area contributed by atoms with E-state index in [-0.39, 0.29) is 29.5 Å². The van der Waals surface area contributed by atoms with Gasteiger partial charge >= 0.3 is 0 Å². The maximum atomic E-state index is 12.2. The number of rotatable bonds is 3. The third-order valence-corrected chi connectivity index (χ3v) is 7.27. The predicted octanol–water partition coefficient (Wildman–Crippen LogP) is 0.0679. The number of carbonyl (C=O) groups is 1. The first kappa shape index (κ1) is 13.4. The van der Waals surface area contributed by atoms with Crippen LogP contribution in [0.15, 0.2) is 0 Å². The Bertz CT molecular complexity index is 463. The molecule has 3 fully saturated rings. The van der Waals surface area contributed by atoms with Crippen LogP contribution < -0.4 is 10.6 Å². The van der Waals surface area contributed by atoms with Gasteiger partial charge in [-0.25, -0.2) is 8.42 Å². The number of fused-ring (bicyclic) bond motifs is 1. The van der Waals surface area contributed by atoms with Crippen molar-refractivity contribution in [2.45, 2.75) is 43.4 Å². The molecule has 19 heavy (non-hydrogen) atoms. The summed E-state index contributed by atoms with van der Waals surface area (Å²) in [5.74, 6) is 1.38. The van der Waals surface area contributed by atoms with Gasteiger partial charge in [0, 0.05) is 6.54 Å². The van der Waals surface area contributed by atoms with Crippen LogP contribution in [0.5, 0.6) is 0 Å². The van der Waals surface area contributed by atoms with E-state index in [1.165, 1.54) is 12.8 Å². The summed E-state index contributed by atoms with van der Waals surface area (Å²) in [7, 11) is -2.96. The molecule has 4 unspecified atom stereocenters. The Morgan fingerprint density at radius 3 is 2.79 bits per heavy atom. The molecule has 5 nitrogen and oxygen atoms in total. The van der Waals surface area contributed by atoms with Crippen molar-refractivity contribution in [2.75, 3.05) is 18.8 Å². The van der Waals surface area contributed by atoms with E-state index >= 15 is 0 Å². The molecule has 6 heteroatoms. The Labute approximate surface area is 114 Å². The highest BCUT2D eigenvalue weighted by molar-refractivity contribution is 7.92. The Kier molecular flexibility index (Phi) is 3.55. The van der Waals surface area contributed by atoms with Crippen LogP contribution in [0.25, 0.3) is 0 Å². The van der Waals surface area contributed by atoms with Crippen LogP contribution in [-0.2, 0) is 14.6 Å². The van der Waals surface area contributed by atoms with Crippen LogP contribution in [0.2, 0.25) is 0 Å². The lowest BCUT2D eigenvalue weighted by molar-refractivity contribution is -0.123. The van der Waals surface area contributed by atoms with E-state index < -0.39 is 9.84 Å². The minimum absolute atomic E-state index is 0.00324. The van der Waals surface area contributed by atoms with E-state index in [0.29, 0.717) is 18.3 Å². The lowest BCUT2D eigenvalue weighted by Gasteiger charge is -2.19. The Morgan fingerprint density at radius 1 is 1.21 bits per heavy atom. The monoisotopic (exact) mass is 286 g/mol. The second kappa shape index (κ2) is 5.05. The van der Waals surface area contributed by atoms with Gasteiger partial charge in [-0.1, -0.05) is 6.42 Å². The first-order valence-corrected chi connectivity index (χ1v) is 9.02. The molecule has 4 atom stereocenters. The molecule has 2 N–H and O–H groups in total. The first-order valence-electron chi connectivity index (χ1n) is 7.30. The zero-order valence-corrected chi connectivity index (χ0v) is 11.9. The Hall–Kier alpha value is -0.620. The van der Waals surface area contributed by atoms with E-state index in [0.717, 1.165) is 19.4 Å². The third kappa shape index (κ3) is 2.52. The fraction of sp³-hybridized carbons (Fsp3) is 0.923. The Balaban J connectivity index is 1.54. The molecule has 2 aliphatic heterocycles. The van der Waals surface area contributed by atoms with Gasteiger partial charge in [0.1, 0.15) is 0 Å². The average Bonchev–Trinajstić information content (AvgIpc) is 3.00. The highest BCUT2D eigenvalue weighted by atomic mass is 32.2. The van der Waals surface area contributed by atoms with E-state index in [9.17, 15) is 13.2 Å². The zero-order valence-electron chi connectivity index (χ0n) is 11.1. The van der Waals surface area contributed by atoms with Crippen LogP contribution in [0.4, 0.5) is 0 Å². The molecular weight excluding hydrogens is 264 g/mol. The van der Waals surface area contributed by atoms with Crippen molar-refractivity contribution >= 4 is 15.7 Å². The summed E-state index contributed by atoms with van der Waals surface area (Å²) in [6.07, 6.45) is 4.98. The van der Waals surface area contributed by atoms with Crippen LogP contribution in [0.1, 0.15) is 32.1 Å². The van der Waals surface area contributed by atoms with Crippen LogP contribution >= 0.6 is 0 Å². The molecular formula is C13H22N2O3S. The van der Waals surface area contributed by atoms with E-state index in [4.69, 9.17) is 0 Å². The lowest BCUT2D eigenvalue weighted by atomic mass is 9.93. The van der Waals surface area contributed by atoms with Crippen molar-refractivity contribution in [3.8, 4) is 0 Å².